The summed E-state index contributed by atoms with van der Waals surface area (Å²) in [5.41, 5.74) is 5.15. The molecule has 0 fully saturated rings. The highest BCUT2D eigenvalue weighted by atomic mass is 35.5. The van der Waals surface area contributed by atoms with Gasteiger partial charge in [0.05, 0.1) is 5.52 Å². The van der Waals surface area contributed by atoms with Gasteiger partial charge < -0.3 is 9.88 Å². The number of hydrogen-bond acceptors (Lipinski definition) is 1. The highest BCUT2D eigenvalue weighted by Gasteiger charge is 2.09. The first-order valence-electron chi connectivity index (χ1n) is 7.15. The molecule has 1 N–H and O–H groups in total. The third-order valence-corrected chi connectivity index (χ3v) is 4.13. The van der Waals surface area contributed by atoms with Gasteiger partial charge in [0.1, 0.15) is 0 Å². The molecule has 21 heavy (non-hydrogen) atoms. The van der Waals surface area contributed by atoms with E-state index in [-0.39, 0.29) is 0 Å². The summed E-state index contributed by atoms with van der Waals surface area (Å²) in [6.45, 7) is 3.88. The first kappa shape index (κ1) is 14.2. The second-order valence-corrected chi connectivity index (χ2v) is 5.84. The molecule has 0 saturated heterocycles. The molecule has 2 nitrogen and oxygen atoms in total. The van der Waals surface area contributed by atoms with Crippen molar-refractivity contribution in [3.05, 3.63) is 70.4 Å². The number of aromatic nitrogens is 1. The molecule has 3 heteroatoms. The molecule has 3 aromatic rings. The Bertz CT molecular complexity index is 774. The van der Waals surface area contributed by atoms with Crippen LogP contribution in [-0.4, -0.2) is 11.6 Å². The van der Waals surface area contributed by atoms with Crippen LogP contribution in [0.4, 0.5) is 0 Å². The fourth-order valence-corrected chi connectivity index (χ4v) is 2.94. The Labute approximate surface area is 130 Å². The van der Waals surface area contributed by atoms with Crippen molar-refractivity contribution in [2.24, 2.45) is 0 Å². The predicted molar refractivity (Wildman–Crippen MR) is 90.0 cm³/mol. The molecule has 1 heterocycles. The summed E-state index contributed by atoms with van der Waals surface area (Å²) in [6.07, 6.45) is 2.23. The number of halogens is 1. The number of aryl methyl sites for hydroxylation is 1. The van der Waals surface area contributed by atoms with E-state index in [1.807, 2.05) is 19.2 Å². The maximum atomic E-state index is 6.18. The second kappa shape index (κ2) is 5.92. The van der Waals surface area contributed by atoms with Gasteiger partial charge in [-0.2, -0.15) is 0 Å². The van der Waals surface area contributed by atoms with Crippen LogP contribution in [0.5, 0.6) is 0 Å². The lowest BCUT2D eigenvalue weighted by Crippen LogP contribution is -2.04. The topological polar surface area (TPSA) is 17.0 Å². The molecule has 0 atom stereocenters. The molecule has 0 unspecified atom stereocenters. The fourth-order valence-electron chi connectivity index (χ4n) is 2.77. The molecule has 0 bridgehead atoms. The summed E-state index contributed by atoms with van der Waals surface area (Å²) >= 11 is 6.18. The van der Waals surface area contributed by atoms with Crippen molar-refractivity contribution in [1.82, 2.24) is 9.88 Å². The molecule has 0 aliphatic carbocycles. The van der Waals surface area contributed by atoms with Gasteiger partial charge in [-0.15, -0.1) is 0 Å². The van der Waals surface area contributed by atoms with Gasteiger partial charge in [-0.25, -0.2) is 0 Å². The molecule has 3 rings (SSSR count). The van der Waals surface area contributed by atoms with Crippen molar-refractivity contribution in [3.8, 4) is 0 Å². The van der Waals surface area contributed by atoms with Gasteiger partial charge in [0.15, 0.2) is 0 Å². The Morgan fingerprint density at radius 3 is 2.67 bits per heavy atom. The van der Waals surface area contributed by atoms with Crippen LogP contribution in [0.1, 0.15) is 16.7 Å². The first-order valence-corrected chi connectivity index (χ1v) is 7.53. The van der Waals surface area contributed by atoms with Crippen molar-refractivity contribution in [1.29, 1.82) is 0 Å². The lowest BCUT2D eigenvalue weighted by Gasteiger charge is -2.08. The van der Waals surface area contributed by atoms with Crippen LogP contribution in [0.3, 0.4) is 0 Å². The SMILES string of the molecule is CNCc1cn(Cc2ccccc2C)c2cc(Cl)ccc12. The Hall–Kier alpha value is -1.77. The van der Waals surface area contributed by atoms with Crippen molar-refractivity contribution >= 4 is 22.5 Å². The molecule has 0 amide bonds. The Kier molecular flexibility index (Phi) is 4.00. The van der Waals surface area contributed by atoms with Gasteiger partial charge in [-0.1, -0.05) is 41.9 Å². The summed E-state index contributed by atoms with van der Waals surface area (Å²) in [6, 6.07) is 14.6. The summed E-state index contributed by atoms with van der Waals surface area (Å²) in [4.78, 5) is 0. The van der Waals surface area contributed by atoms with Gasteiger partial charge >= 0.3 is 0 Å². The van der Waals surface area contributed by atoms with E-state index in [1.165, 1.54) is 27.6 Å². The maximum Gasteiger partial charge on any atom is 0.0501 e. The third kappa shape index (κ3) is 2.82. The first-order chi connectivity index (χ1) is 10.2. The smallest absolute Gasteiger partial charge is 0.0501 e. The number of nitrogens with zero attached hydrogens (tertiary/aromatic N) is 1. The summed E-state index contributed by atoms with van der Waals surface area (Å²) in [5.74, 6) is 0. The molecule has 0 saturated carbocycles. The van der Waals surface area contributed by atoms with Crippen LogP contribution in [0.2, 0.25) is 5.02 Å². The van der Waals surface area contributed by atoms with E-state index in [9.17, 15) is 0 Å². The van der Waals surface area contributed by atoms with Gasteiger partial charge in [-0.3, -0.25) is 0 Å². The highest BCUT2D eigenvalue weighted by Crippen LogP contribution is 2.26. The Balaban J connectivity index is 2.09. The zero-order chi connectivity index (χ0) is 14.8. The number of benzene rings is 2. The number of hydrogen-bond donors (Lipinski definition) is 1. The Morgan fingerprint density at radius 2 is 1.90 bits per heavy atom. The average Bonchev–Trinajstić information content (AvgIpc) is 2.79. The van der Waals surface area contributed by atoms with E-state index in [0.29, 0.717) is 0 Å². The van der Waals surface area contributed by atoms with E-state index < -0.39 is 0 Å². The van der Waals surface area contributed by atoms with Crippen molar-refractivity contribution < 1.29 is 0 Å². The highest BCUT2D eigenvalue weighted by molar-refractivity contribution is 6.31. The quantitative estimate of drug-likeness (QED) is 0.757. The lowest BCUT2D eigenvalue weighted by molar-refractivity contribution is 0.793. The van der Waals surface area contributed by atoms with Crippen molar-refractivity contribution in [2.75, 3.05) is 7.05 Å². The average molecular weight is 299 g/mol. The van der Waals surface area contributed by atoms with Crippen molar-refractivity contribution in [3.63, 3.8) is 0 Å². The minimum atomic E-state index is 0.780. The van der Waals surface area contributed by atoms with Gasteiger partial charge in [-0.05, 0) is 42.8 Å². The molecule has 0 aliphatic heterocycles. The van der Waals surface area contributed by atoms with Crippen LogP contribution in [-0.2, 0) is 13.1 Å². The van der Waals surface area contributed by atoms with Crippen LogP contribution < -0.4 is 5.32 Å². The molecule has 108 valence electrons. The molecule has 0 aliphatic rings. The standard InChI is InChI=1S/C18H19ClN2/c1-13-5-3-4-6-14(13)11-21-12-15(10-20-2)17-8-7-16(19)9-18(17)21/h3-9,12,20H,10-11H2,1-2H3. The van der Waals surface area contributed by atoms with Crippen LogP contribution in [0.15, 0.2) is 48.7 Å². The third-order valence-electron chi connectivity index (χ3n) is 3.90. The van der Waals surface area contributed by atoms with Crippen LogP contribution in [0, 0.1) is 6.92 Å². The minimum Gasteiger partial charge on any atom is -0.343 e. The maximum absolute atomic E-state index is 6.18. The van der Waals surface area contributed by atoms with Gasteiger partial charge in [0.25, 0.3) is 0 Å². The summed E-state index contributed by atoms with van der Waals surface area (Å²) in [5, 5.41) is 5.28. The molecule has 2 aromatic carbocycles. The molecule has 1 aromatic heterocycles. The fraction of sp³-hybridized carbons (Fsp3) is 0.222. The monoisotopic (exact) mass is 298 g/mol. The second-order valence-electron chi connectivity index (χ2n) is 5.40. The van der Waals surface area contributed by atoms with E-state index >= 15 is 0 Å². The van der Waals surface area contributed by atoms with E-state index in [2.05, 4.69) is 53.3 Å². The number of nitrogens with one attached hydrogen (secondary N) is 1. The Morgan fingerprint density at radius 1 is 1.10 bits per heavy atom. The summed E-state index contributed by atoms with van der Waals surface area (Å²) in [7, 11) is 1.97. The zero-order valence-electron chi connectivity index (χ0n) is 12.4. The largest absolute Gasteiger partial charge is 0.343 e. The molecule has 0 radical (unpaired) electrons. The molecular weight excluding hydrogens is 280 g/mol. The van der Waals surface area contributed by atoms with Crippen LogP contribution >= 0.6 is 11.6 Å². The van der Waals surface area contributed by atoms with Gasteiger partial charge in [0, 0.05) is 29.7 Å². The predicted octanol–water partition coefficient (Wildman–Crippen LogP) is 4.37. The zero-order valence-corrected chi connectivity index (χ0v) is 13.1. The normalized spacial score (nSPS) is 11.2. The van der Waals surface area contributed by atoms with Gasteiger partial charge in [0.2, 0.25) is 0 Å². The summed E-state index contributed by atoms with van der Waals surface area (Å²) < 4.78 is 2.29. The van der Waals surface area contributed by atoms with E-state index in [4.69, 9.17) is 11.6 Å². The number of rotatable bonds is 4. The molecular formula is C18H19ClN2. The minimum absolute atomic E-state index is 0.780. The van der Waals surface area contributed by atoms with Crippen LogP contribution in [0.25, 0.3) is 10.9 Å². The van der Waals surface area contributed by atoms with E-state index in [0.717, 1.165) is 18.1 Å². The lowest BCUT2D eigenvalue weighted by atomic mass is 10.1. The van der Waals surface area contributed by atoms with E-state index in [1.54, 1.807) is 0 Å². The van der Waals surface area contributed by atoms with Crippen molar-refractivity contribution in [2.45, 2.75) is 20.0 Å². The number of fused-ring (bicyclic) bond motifs is 1. The molecule has 0 spiro atoms.